The van der Waals surface area contributed by atoms with Crippen molar-refractivity contribution in [1.29, 1.82) is 0 Å². The summed E-state index contributed by atoms with van der Waals surface area (Å²) in [5, 5.41) is 3.54. The quantitative estimate of drug-likeness (QED) is 0.886. The van der Waals surface area contributed by atoms with Gasteiger partial charge in [-0.25, -0.2) is 0 Å². The molecule has 0 aliphatic carbocycles. The van der Waals surface area contributed by atoms with Gasteiger partial charge in [0.25, 0.3) is 0 Å². The highest BCUT2D eigenvalue weighted by Gasteiger charge is 2.17. The first kappa shape index (κ1) is 13.2. The van der Waals surface area contributed by atoms with E-state index in [0.29, 0.717) is 6.04 Å². The average Bonchev–Trinajstić information content (AvgIpc) is 2.81. The molecule has 1 aliphatic rings. The van der Waals surface area contributed by atoms with Gasteiger partial charge in [-0.3, -0.25) is 0 Å². The molecule has 0 radical (unpaired) electrons. The highest BCUT2D eigenvalue weighted by Crippen LogP contribution is 2.28. The molecular formula is C15H24N2O. The second-order valence-electron chi connectivity index (χ2n) is 5.29. The van der Waals surface area contributed by atoms with Crippen LogP contribution in [0, 0.1) is 13.8 Å². The number of aryl methyl sites for hydroxylation is 2. The van der Waals surface area contributed by atoms with E-state index in [-0.39, 0.29) is 0 Å². The Morgan fingerprint density at radius 3 is 2.50 bits per heavy atom. The molecule has 1 unspecified atom stereocenters. The van der Waals surface area contributed by atoms with E-state index in [9.17, 15) is 0 Å². The summed E-state index contributed by atoms with van der Waals surface area (Å²) in [6.45, 7) is 6.46. The zero-order chi connectivity index (χ0) is 13.1. The molecule has 1 atom stereocenters. The van der Waals surface area contributed by atoms with Gasteiger partial charge in [0, 0.05) is 25.3 Å². The normalized spacial score (nSPS) is 19.0. The fourth-order valence-corrected chi connectivity index (χ4v) is 2.82. The lowest BCUT2D eigenvalue weighted by Gasteiger charge is -2.25. The van der Waals surface area contributed by atoms with E-state index in [2.05, 4.69) is 43.2 Å². The molecule has 1 N–H and O–H groups in total. The van der Waals surface area contributed by atoms with Crippen molar-refractivity contribution in [3.05, 3.63) is 23.3 Å². The van der Waals surface area contributed by atoms with Crippen molar-refractivity contribution in [2.45, 2.75) is 32.7 Å². The van der Waals surface area contributed by atoms with Gasteiger partial charge in [-0.15, -0.1) is 0 Å². The molecule has 2 rings (SSSR count). The Kier molecular flexibility index (Phi) is 4.12. The number of nitrogens with zero attached hydrogens (tertiary/aromatic N) is 1. The summed E-state index contributed by atoms with van der Waals surface area (Å²) in [5.74, 6) is 1.01. The first-order chi connectivity index (χ1) is 8.61. The molecule has 0 aromatic heterocycles. The molecule has 100 valence electrons. The molecule has 1 aliphatic heterocycles. The van der Waals surface area contributed by atoms with Gasteiger partial charge in [0.2, 0.25) is 0 Å². The monoisotopic (exact) mass is 248 g/mol. The third-order valence-electron chi connectivity index (χ3n) is 3.75. The van der Waals surface area contributed by atoms with Crippen LogP contribution in [-0.4, -0.2) is 33.3 Å². The number of ether oxygens (including phenoxy) is 1. The number of anilines is 1. The second-order valence-corrected chi connectivity index (χ2v) is 5.29. The maximum absolute atomic E-state index is 5.41. The van der Waals surface area contributed by atoms with E-state index in [1.807, 2.05) is 0 Å². The van der Waals surface area contributed by atoms with E-state index < -0.39 is 0 Å². The Morgan fingerprint density at radius 2 is 2.00 bits per heavy atom. The van der Waals surface area contributed by atoms with Crippen molar-refractivity contribution in [3.8, 4) is 5.75 Å². The zero-order valence-electron chi connectivity index (χ0n) is 11.9. The van der Waals surface area contributed by atoms with Crippen molar-refractivity contribution in [3.63, 3.8) is 0 Å². The number of benzene rings is 1. The van der Waals surface area contributed by atoms with Crippen LogP contribution in [0.4, 0.5) is 5.69 Å². The molecule has 1 aromatic carbocycles. The van der Waals surface area contributed by atoms with Crippen LogP contribution in [0.15, 0.2) is 12.1 Å². The number of nitrogens with one attached hydrogen (secondary N) is 1. The molecule has 1 fully saturated rings. The van der Waals surface area contributed by atoms with Crippen LogP contribution < -0.4 is 15.0 Å². The van der Waals surface area contributed by atoms with Gasteiger partial charge in [0.05, 0.1) is 7.11 Å². The minimum absolute atomic E-state index is 0.637. The molecule has 1 saturated heterocycles. The summed E-state index contributed by atoms with van der Waals surface area (Å²) in [4.78, 5) is 2.34. The fraction of sp³-hybridized carbons (Fsp3) is 0.600. The van der Waals surface area contributed by atoms with Gasteiger partial charge in [-0.2, -0.15) is 0 Å². The Bertz CT molecular complexity index is 388. The summed E-state index contributed by atoms with van der Waals surface area (Å²) in [6, 6.07) is 5.05. The Balaban J connectivity index is 2.12. The number of hydrogen-bond acceptors (Lipinski definition) is 3. The first-order valence-corrected chi connectivity index (χ1v) is 6.71. The lowest BCUT2D eigenvalue weighted by atomic mass is 10.1. The predicted molar refractivity (Wildman–Crippen MR) is 76.8 cm³/mol. The Morgan fingerprint density at radius 1 is 1.33 bits per heavy atom. The standard InChI is InChI=1S/C15H24N2O/c1-11-8-14(9-12(2)15(11)18-4)17(3)10-13-6-5-7-16-13/h8-9,13,16H,5-7,10H2,1-4H3. The van der Waals surface area contributed by atoms with Crippen molar-refractivity contribution < 1.29 is 4.74 Å². The summed E-state index contributed by atoms with van der Waals surface area (Å²) >= 11 is 0. The van der Waals surface area contributed by atoms with Crippen molar-refractivity contribution >= 4 is 5.69 Å². The van der Waals surface area contributed by atoms with Gasteiger partial charge < -0.3 is 15.0 Å². The number of methoxy groups -OCH3 is 1. The summed E-state index contributed by atoms with van der Waals surface area (Å²) in [5.41, 5.74) is 3.69. The third-order valence-corrected chi connectivity index (χ3v) is 3.75. The predicted octanol–water partition coefficient (Wildman–Crippen LogP) is 2.50. The van der Waals surface area contributed by atoms with Crippen LogP contribution in [-0.2, 0) is 0 Å². The van der Waals surface area contributed by atoms with Gasteiger partial charge in [0.1, 0.15) is 5.75 Å². The van der Waals surface area contributed by atoms with Crippen LogP contribution in [0.25, 0.3) is 0 Å². The Labute approximate surface area is 110 Å². The SMILES string of the molecule is COc1c(C)cc(N(C)CC2CCCN2)cc1C. The van der Waals surface area contributed by atoms with Crippen LogP contribution in [0.2, 0.25) is 0 Å². The molecule has 0 saturated carbocycles. The van der Waals surface area contributed by atoms with Gasteiger partial charge in [-0.1, -0.05) is 0 Å². The minimum atomic E-state index is 0.637. The van der Waals surface area contributed by atoms with Gasteiger partial charge in [0.15, 0.2) is 0 Å². The largest absolute Gasteiger partial charge is 0.496 e. The maximum Gasteiger partial charge on any atom is 0.124 e. The van der Waals surface area contributed by atoms with E-state index in [0.717, 1.165) is 12.3 Å². The van der Waals surface area contributed by atoms with E-state index >= 15 is 0 Å². The van der Waals surface area contributed by atoms with Crippen LogP contribution in [0.3, 0.4) is 0 Å². The van der Waals surface area contributed by atoms with Crippen molar-refractivity contribution in [1.82, 2.24) is 5.32 Å². The summed E-state index contributed by atoms with van der Waals surface area (Å²) in [6.07, 6.45) is 2.59. The molecule has 18 heavy (non-hydrogen) atoms. The molecule has 1 heterocycles. The fourth-order valence-electron chi connectivity index (χ4n) is 2.82. The number of rotatable bonds is 4. The smallest absolute Gasteiger partial charge is 0.124 e. The van der Waals surface area contributed by atoms with Crippen LogP contribution in [0.5, 0.6) is 5.75 Å². The summed E-state index contributed by atoms with van der Waals surface area (Å²) < 4.78 is 5.41. The summed E-state index contributed by atoms with van der Waals surface area (Å²) in [7, 11) is 3.90. The zero-order valence-corrected chi connectivity index (χ0v) is 11.9. The highest BCUT2D eigenvalue weighted by molar-refractivity contribution is 5.56. The first-order valence-electron chi connectivity index (χ1n) is 6.71. The van der Waals surface area contributed by atoms with E-state index in [1.165, 1.54) is 36.2 Å². The molecule has 0 spiro atoms. The number of likely N-dealkylation sites (N-methyl/N-ethyl adjacent to an activating group) is 1. The molecular weight excluding hydrogens is 224 g/mol. The molecule has 3 nitrogen and oxygen atoms in total. The van der Waals surface area contributed by atoms with Crippen LogP contribution >= 0.6 is 0 Å². The van der Waals surface area contributed by atoms with E-state index in [4.69, 9.17) is 4.74 Å². The van der Waals surface area contributed by atoms with E-state index in [1.54, 1.807) is 7.11 Å². The maximum atomic E-state index is 5.41. The molecule has 3 heteroatoms. The van der Waals surface area contributed by atoms with Gasteiger partial charge in [-0.05, 0) is 56.5 Å². The number of hydrogen-bond donors (Lipinski definition) is 1. The Hall–Kier alpha value is -1.22. The lowest BCUT2D eigenvalue weighted by molar-refractivity contribution is 0.408. The van der Waals surface area contributed by atoms with Gasteiger partial charge >= 0.3 is 0 Å². The van der Waals surface area contributed by atoms with Crippen LogP contribution in [0.1, 0.15) is 24.0 Å². The molecule has 0 bridgehead atoms. The average molecular weight is 248 g/mol. The van der Waals surface area contributed by atoms with Crippen molar-refractivity contribution in [2.24, 2.45) is 0 Å². The highest BCUT2D eigenvalue weighted by atomic mass is 16.5. The molecule has 1 aromatic rings. The second kappa shape index (κ2) is 5.61. The topological polar surface area (TPSA) is 24.5 Å². The third kappa shape index (κ3) is 2.78. The molecule has 0 amide bonds. The lowest BCUT2D eigenvalue weighted by Crippen LogP contribution is -2.35. The van der Waals surface area contributed by atoms with Crippen molar-refractivity contribution in [2.75, 3.05) is 32.1 Å². The minimum Gasteiger partial charge on any atom is -0.496 e.